The molecule has 0 saturated heterocycles. The number of para-hydroxylation sites is 1. The Bertz CT molecular complexity index is 516. The second-order valence-corrected chi connectivity index (χ2v) is 5.16. The third kappa shape index (κ3) is 3.93. The maximum Gasteiger partial charge on any atom is 0.311 e. The first-order chi connectivity index (χ1) is 9.93. The van der Waals surface area contributed by atoms with Crippen LogP contribution in [0.3, 0.4) is 0 Å². The fourth-order valence-corrected chi connectivity index (χ4v) is 2.66. The number of nitro groups is 1. The van der Waals surface area contributed by atoms with Crippen LogP contribution in [0.15, 0.2) is 18.2 Å². The topological polar surface area (TPSA) is 106 Å². The number of nitrogen functional groups attached to an aromatic ring is 1. The van der Waals surface area contributed by atoms with Crippen LogP contribution in [0.4, 0.5) is 11.4 Å². The van der Waals surface area contributed by atoms with Crippen LogP contribution in [-0.2, 0) is 4.79 Å². The summed E-state index contributed by atoms with van der Waals surface area (Å²) < 4.78 is 0. The number of carboxylic acid groups (broad SMARTS) is 1. The number of carboxylic acids is 1. The van der Waals surface area contributed by atoms with Gasteiger partial charge < -0.3 is 10.8 Å². The first kappa shape index (κ1) is 16.9. The zero-order valence-electron chi connectivity index (χ0n) is 12.4. The number of nitrogens with two attached hydrogens (primary N) is 1. The van der Waals surface area contributed by atoms with E-state index in [2.05, 4.69) is 0 Å². The standard InChI is InChI=1S/C15H22N2O4/c1-3-5-7-10(4-2)13(15(18)19)11-8-6-9-12(14(11)16)17(20)21/h6,8-10,13H,3-5,7,16H2,1-2H3,(H,18,19). The molecule has 0 radical (unpaired) electrons. The predicted octanol–water partition coefficient (Wildman–Crippen LogP) is 3.56. The summed E-state index contributed by atoms with van der Waals surface area (Å²) in [6.07, 6.45) is 3.37. The van der Waals surface area contributed by atoms with E-state index in [0.717, 1.165) is 19.3 Å². The monoisotopic (exact) mass is 294 g/mol. The minimum absolute atomic E-state index is 0.0372. The number of nitrogens with zero attached hydrogens (tertiary/aromatic N) is 1. The Morgan fingerprint density at radius 2 is 2.10 bits per heavy atom. The van der Waals surface area contributed by atoms with E-state index in [1.165, 1.54) is 12.1 Å². The number of carbonyl (C=O) groups is 1. The number of nitro benzene ring substituents is 1. The average molecular weight is 294 g/mol. The van der Waals surface area contributed by atoms with Gasteiger partial charge in [0.25, 0.3) is 5.69 Å². The second kappa shape index (κ2) is 7.61. The van der Waals surface area contributed by atoms with Crippen LogP contribution in [0, 0.1) is 16.0 Å². The highest BCUT2D eigenvalue weighted by molar-refractivity contribution is 5.81. The zero-order valence-corrected chi connectivity index (χ0v) is 12.4. The maximum absolute atomic E-state index is 11.7. The van der Waals surface area contributed by atoms with E-state index < -0.39 is 16.8 Å². The summed E-state index contributed by atoms with van der Waals surface area (Å²) in [5.41, 5.74) is 5.92. The van der Waals surface area contributed by atoms with Crippen molar-refractivity contribution in [3.8, 4) is 0 Å². The maximum atomic E-state index is 11.7. The van der Waals surface area contributed by atoms with E-state index in [9.17, 15) is 20.0 Å². The van der Waals surface area contributed by atoms with Crippen LogP contribution in [0.2, 0.25) is 0 Å². The van der Waals surface area contributed by atoms with Crippen LogP contribution >= 0.6 is 0 Å². The first-order valence-electron chi connectivity index (χ1n) is 7.19. The molecular formula is C15H22N2O4. The van der Waals surface area contributed by atoms with Gasteiger partial charge in [-0.25, -0.2) is 0 Å². The van der Waals surface area contributed by atoms with Gasteiger partial charge in [-0.1, -0.05) is 45.2 Å². The smallest absolute Gasteiger partial charge is 0.311 e. The van der Waals surface area contributed by atoms with E-state index in [-0.39, 0.29) is 17.3 Å². The van der Waals surface area contributed by atoms with Crippen molar-refractivity contribution in [3.63, 3.8) is 0 Å². The molecule has 0 heterocycles. The Balaban J connectivity index is 3.25. The second-order valence-electron chi connectivity index (χ2n) is 5.16. The van der Waals surface area contributed by atoms with Gasteiger partial charge in [0.15, 0.2) is 0 Å². The molecule has 1 aromatic rings. The molecule has 3 N–H and O–H groups in total. The molecule has 0 aliphatic rings. The molecule has 6 heteroatoms. The molecule has 0 aliphatic carbocycles. The minimum atomic E-state index is -0.981. The number of hydrogen-bond donors (Lipinski definition) is 2. The van der Waals surface area contributed by atoms with Gasteiger partial charge in [0.2, 0.25) is 0 Å². The van der Waals surface area contributed by atoms with Gasteiger partial charge in [0, 0.05) is 6.07 Å². The molecule has 2 unspecified atom stereocenters. The van der Waals surface area contributed by atoms with Gasteiger partial charge in [-0.15, -0.1) is 0 Å². The summed E-state index contributed by atoms with van der Waals surface area (Å²) in [7, 11) is 0. The van der Waals surface area contributed by atoms with Crippen molar-refractivity contribution >= 4 is 17.3 Å². The highest BCUT2D eigenvalue weighted by Crippen LogP contribution is 2.37. The van der Waals surface area contributed by atoms with Crippen LogP contribution in [0.25, 0.3) is 0 Å². The van der Waals surface area contributed by atoms with Crippen LogP contribution in [0.1, 0.15) is 51.0 Å². The molecule has 0 bridgehead atoms. The number of unbranched alkanes of at least 4 members (excludes halogenated alkanes) is 1. The van der Waals surface area contributed by atoms with Crippen LogP contribution in [-0.4, -0.2) is 16.0 Å². The molecule has 0 spiro atoms. The largest absolute Gasteiger partial charge is 0.481 e. The van der Waals surface area contributed by atoms with Crippen molar-refractivity contribution in [1.82, 2.24) is 0 Å². The van der Waals surface area contributed by atoms with E-state index in [0.29, 0.717) is 12.0 Å². The van der Waals surface area contributed by atoms with Crippen LogP contribution in [0.5, 0.6) is 0 Å². The summed E-state index contributed by atoms with van der Waals surface area (Å²) in [5, 5.41) is 20.5. The molecule has 0 aromatic heterocycles. The van der Waals surface area contributed by atoms with Crippen molar-refractivity contribution in [2.45, 2.75) is 45.4 Å². The lowest BCUT2D eigenvalue weighted by Crippen LogP contribution is -2.22. The van der Waals surface area contributed by atoms with Gasteiger partial charge in [0.1, 0.15) is 5.69 Å². The predicted molar refractivity (Wildman–Crippen MR) is 81.2 cm³/mol. The lowest BCUT2D eigenvalue weighted by atomic mass is 9.80. The molecule has 1 aromatic carbocycles. The van der Waals surface area contributed by atoms with Gasteiger partial charge >= 0.3 is 5.97 Å². The molecule has 0 saturated carbocycles. The van der Waals surface area contributed by atoms with Crippen molar-refractivity contribution < 1.29 is 14.8 Å². The summed E-state index contributed by atoms with van der Waals surface area (Å²) in [6, 6.07) is 4.37. The van der Waals surface area contributed by atoms with Gasteiger partial charge in [-0.2, -0.15) is 0 Å². The third-order valence-electron chi connectivity index (χ3n) is 3.84. The summed E-state index contributed by atoms with van der Waals surface area (Å²) in [5.74, 6) is -1.86. The Labute approximate surface area is 124 Å². The number of rotatable bonds is 8. The molecule has 1 rings (SSSR count). The van der Waals surface area contributed by atoms with E-state index in [1.807, 2.05) is 13.8 Å². The molecule has 0 aliphatic heterocycles. The van der Waals surface area contributed by atoms with E-state index in [1.54, 1.807) is 6.07 Å². The Kier molecular flexibility index (Phi) is 6.14. The van der Waals surface area contributed by atoms with Crippen molar-refractivity contribution in [1.29, 1.82) is 0 Å². The Morgan fingerprint density at radius 3 is 2.57 bits per heavy atom. The summed E-state index contributed by atoms with van der Waals surface area (Å²) in [6.45, 7) is 3.98. The van der Waals surface area contributed by atoms with Crippen molar-refractivity contribution in [2.24, 2.45) is 5.92 Å². The number of benzene rings is 1. The lowest BCUT2D eigenvalue weighted by molar-refractivity contribution is -0.384. The van der Waals surface area contributed by atoms with E-state index >= 15 is 0 Å². The fourth-order valence-electron chi connectivity index (χ4n) is 2.66. The summed E-state index contributed by atoms with van der Waals surface area (Å²) in [4.78, 5) is 22.0. The molecule has 116 valence electrons. The van der Waals surface area contributed by atoms with Gasteiger partial charge in [-0.3, -0.25) is 14.9 Å². The fraction of sp³-hybridized carbons (Fsp3) is 0.533. The van der Waals surface area contributed by atoms with Crippen molar-refractivity contribution in [2.75, 3.05) is 5.73 Å². The number of aliphatic carboxylic acids is 1. The zero-order chi connectivity index (χ0) is 16.0. The lowest BCUT2D eigenvalue weighted by Gasteiger charge is -2.24. The van der Waals surface area contributed by atoms with Gasteiger partial charge in [-0.05, 0) is 17.9 Å². The summed E-state index contributed by atoms with van der Waals surface area (Å²) >= 11 is 0. The van der Waals surface area contributed by atoms with Gasteiger partial charge in [0.05, 0.1) is 10.8 Å². The quantitative estimate of drug-likeness (QED) is 0.433. The SMILES string of the molecule is CCCCC(CC)C(C(=O)O)c1cccc([N+](=O)[O-])c1N. The molecule has 21 heavy (non-hydrogen) atoms. The Hall–Kier alpha value is -2.11. The average Bonchev–Trinajstić information content (AvgIpc) is 2.43. The normalized spacial score (nSPS) is 13.6. The number of anilines is 1. The third-order valence-corrected chi connectivity index (χ3v) is 3.84. The molecular weight excluding hydrogens is 272 g/mol. The highest BCUT2D eigenvalue weighted by Gasteiger charge is 2.31. The van der Waals surface area contributed by atoms with E-state index in [4.69, 9.17) is 5.73 Å². The molecule has 0 amide bonds. The molecule has 6 nitrogen and oxygen atoms in total. The molecule has 0 fully saturated rings. The number of hydrogen-bond acceptors (Lipinski definition) is 4. The van der Waals surface area contributed by atoms with Crippen molar-refractivity contribution in [3.05, 3.63) is 33.9 Å². The van der Waals surface area contributed by atoms with Crippen LogP contribution < -0.4 is 5.73 Å². The minimum Gasteiger partial charge on any atom is -0.481 e. The highest BCUT2D eigenvalue weighted by atomic mass is 16.6. The first-order valence-corrected chi connectivity index (χ1v) is 7.19. The molecule has 2 atom stereocenters. The Morgan fingerprint density at radius 1 is 1.43 bits per heavy atom.